The number of aliphatic hydroxyl groups is 1. The van der Waals surface area contributed by atoms with Gasteiger partial charge >= 0.3 is 15.9 Å². The molecule has 53 heavy (non-hydrogen) atoms. The van der Waals surface area contributed by atoms with E-state index in [0.717, 1.165) is 0 Å². The van der Waals surface area contributed by atoms with E-state index in [1.807, 2.05) is 0 Å². The first-order valence-electron chi connectivity index (χ1n) is 16.6. The Bertz CT molecular complexity index is 2270. The maximum atomic E-state index is 13.8. The van der Waals surface area contributed by atoms with Gasteiger partial charge in [0.05, 0.1) is 31.0 Å². The summed E-state index contributed by atoms with van der Waals surface area (Å²) < 4.78 is 58.5. The topological polar surface area (TPSA) is 244 Å². The van der Waals surface area contributed by atoms with Crippen LogP contribution in [0.25, 0.3) is 22.2 Å². The molecule has 0 aliphatic carbocycles. The molecule has 19 nitrogen and oxygen atoms in total. The van der Waals surface area contributed by atoms with Gasteiger partial charge in [0.25, 0.3) is 11.5 Å². The van der Waals surface area contributed by atoms with Crippen LogP contribution in [0.5, 0.6) is 0 Å². The number of fused-ring (bicyclic) bond motifs is 2. The lowest BCUT2D eigenvalue weighted by atomic mass is 10.0. The second kappa shape index (κ2) is 14.9. The smallest absolute Gasteiger partial charge is 0.394 e. The number of aliphatic hydroxyl groups excluding tert-OH is 1. The summed E-state index contributed by atoms with van der Waals surface area (Å²) in [6.07, 6.45) is -0.968. The number of aryl methyl sites for hydroxylation is 1. The first kappa shape index (κ1) is 37.0. The normalized spacial score (nSPS) is 27.3. The third-order valence-corrected chi connectivity index (χ3v) is 11.1. The molecule has 0 radical (unpaired) electrons. The minimum Gasteiger partial charge on any atom is -0.394 e. The summed E-state index contributed by atoms with van der Waals surface area (Å²) in [7, 11) is -6.91. The Balaban J connectivity index is 1.05. The van der Waals surface area contributed by atoms with Gasteiger partial charge in [0, 0.05) is 34.8 Å². The van der Waals surface area contributed by atoms with Gasteiger partial charge in [-0.05, 0) is 25.1 Å². The van der Waals surface area contributed by atoms with Crippen LogP contribution in [0.3, 0.4) is 0 Å². The van der Waals surface area contributed by atoms with E-state index in [9.17, 15) is 28.7 Å². The van der Waals surface area contributed by atoms with Gasteiger partial charge in [0.2, 0.25) is 0 Å². The molecular formula is C32H37N8O11P2+. The minimum atomic E-state index is -3.87. The summed E-state index contributed by atoms with van der Waals surface area (Å²) in [6, 6.07) is 10.2. The van der Waals surface area contributed by atoms with Crippen molar-refractivity contribution in [2.45, 2.75) is 57.6 Å². The van der Waals surface area contributed by atoms with Gasteiger partial charge in [-0.15, -0.1) is 9.42 Å². The number of anilines is 1. The number of aromatic amines is 1. The second-order valence-electron chi connectivity index (χ2n) is 13.0. The lowest BCUT2D eigenvalue weighted by molar-refractivity contribution is -0.0497. The maximum absolute atomic E-state index is 13.8. The zero-order valence-corrected chi connectivity index (χ0v) is 30.7. The summed E-state index contributed by atoms with van der Waals surface area (Å²) >= 11 is 0. The maximum Gasteiger partial charge on any atom is 0.695 e. The van der Waals surface area contributed by atoms with Crippen LogP contribution in [-0.2, 0) is 32.2 Å². The van der Waals surface area contributed by atoms with Crippen molar-refractivity contribution in [3.05, 3.63) is 77.0 Å². The number of hydrogen-bond donors (Lipinski definition) is 4. The fourth-order valence-corrected chi connectivity index (χ4v) is 8.50. The molecule has 2 fully saturated rings. The lowest BCUT2D eigenvalue weighted by Gasteiger charge is -2.26. The zero-order valence-electron chi connectivity index (χ0n) is 28.9. The predicted octanol–water partition coefficient (Wildman–Crippen LogP) is 3.44. The van der Waals surface area contributed by atoms with E-state index >= 15 is 0 Å². The molecular weight excluding hydrogens is 734 g/mol. The van der Waals surface area contributed by atoms with Crippen LogP contribution in [0.1, 0.15) is 42.5 Å². The minimum absolute atomic E-state index is 0.195. The number of carbonyl (C=O) groups excluding carboxylic acids is 1. The molecule has 1 amide bonds. The van der Waals surface area contributed by atoms with E-state index < -0.39 is 71.2 Å². The summed E-state index contributed by atoms with van der Waals surface area (Å²) in [4.78, 5) is 55.0. The Hall–Kier alpha value is -4.29. The van der Waals surface area contributed by atoms with E-state index in [4.69, 9.17) is 23.0 Å². The molecule has 5 aromatic rings. The van der Waals surface area contributed by atoms with Gasteiger partial charge in [-0.2, -0.15) is 0 Å². The average molecular weight is 772 g/mol. The Morgan fingerprint density at radius 2 is 1.79 bits per heavy atom. The highest BCUT2D eigenvalue weighted by atomic mass is 31.2. The number of hydrogen-bond acceptors (Lipinski definition) is 14. The molecule has 0 bridgehead atoms. The summed E-state index contributed by atoms with van der Waals surface area (Å²) in [5.74, 6) is -0.873. The van der Waals surface area contributed by atoms with Crippen molar-refractivity contribution in [3.63, 3.8) is 0 Å². The second-order valence-corrected chi connectivity index (χ2v) is 15.7. The van der Waals surface area contributed by atoms with Gasteiger partial charge in [0.15, 0.2) is 29.3 Å². The van der Waals surface area contributed by atoms with Gasteiger partial charge in [-0.3, -0.25) is 18.7 Å². The number of ether oxygens (including phenoxy) is 2. The largest absolute Gasteiger partial charge is 0.695 e. The van der Waals surface area contributed by atoms with Gasteiger partial charge < -0.3 is 38.5 Å². The summed E-state index contributed by atoms with van der Waals surface area (Å²) in [5, 5.41) is 13.3. The zero-order chi connectivity index (χ0) is 37.6. The van der Waals surface area contributed by atoms with Crippen LogP contribution in [0, 0.1) is 18.8 Å². The molecule has 21 heteroatoms. The molecule has 0 saturated carbocycles. The van der Waals surface area contributed by atoms with Crippen molar-refractivity contribution in [1.82, 2.24) is 34.1 Å². The van der Waals surface area contributed by atoms with Crippen LogP contribution < -0.4 is 10.9 Å². The first-order chi connectivity index (χ1) is 25.3. The Labute approximate surface area is 302 Å². The Morgan fingerprint density at radius 3 is 2.53 bits per heavy atom. The van der Waals surface area contributed by atoms with Gasteiger partial charge in [-0.1, -0.05) is 32.0 Å². The molecule has 2 aliphatic rings. The van der Waals surface area contributed by atoms with Crippen molar-refractivity contribution in [1.29, 1.82) is 0 Å². The van der Waals surface area contributed by atoms with Crippen molar-refractivity contribution in [2.24, 2.45) is 11.8 Å². The molecule has 7 rings (SSSR count). The SMILES string of the molecule is Cc1nc2c(ccn2[C@@H]2O[C@H](COP(C)(=O)O[C@@H]3C(C)[C@H](n4cnc5c(NC(=O)c6ccccc6)ncnc54)O[C@@H]3CO)C(C)[C@@H]2O[P+](=O)O)c(=O)[nH]1. The van der Waals surface area contributed by atoms with Gasteiger partial charge in [0.1, 0.15) is 36.2 Å². The fraction of sp³-hybridized carbons (Fsp3) is 0.438. The first-order valence-corrected chi connectivity index (χ1v) is 19.7. The van der Waals surface area contributed by atoms with Crippen molar-refractivity contribution < 1.29 is 47.0 Å². The van der Waals surface area contributed by atoms with Crippen LogP contribution >= 0.6 is 15.9 Å². The molecule has 4 aromatic heterocycles. The number of rotatable bonds is 12. The van der Waals surface area contributed by atoms with E-state index in [1.54, 1.807) is 72.5 Å². The number of nitrogens with one attached hydrogen (secondary N) is 2. The number of carbonyl (C=O) groups is 1. The van der Waals surface area contributed by atoms with Crippen LogP contribution in [0.4, 0.5) is 5.82 Å². The van der Waals surface area contributed by atoms with Crippen LogP contribution in [0.2, 0.25) is 0 Å². The molecule has 1 aromatic carbocycles. The Kier molecular flexibility index (Phi) is 10.4. The van der Waals surface area contributed by atoms with E-state index in [1.165, 1.54) is 19.3 Å². The Morgan fingerprint density at radius 1 is 1.04 bits per heavy atom. The third kappa shape index (κ3) is 7.32. The molecule has 2 aliphatic heterocycles. The monoisotopic (exact) mass is 771 g/mol. The number of H-pyrrole nitrogens is 1. The van der Waals surface area contributed by atoms with E-state index in [2.05, 4.69) is 30.2 Å². The number of imidazole rings is 1. The van der Waals surface area contributed by atoms with Crippen LogP contribution in [0.15, 0.2) is 60.0 Å². The summed E-state index contributed by atoms with van der Waals surface area (Å²) in [5.41, 5.74) is 1.03. The highest BCUT2D eigenvalue weighted by Crippen LogP contribution is 2.52. The third-order valence-electron chi connectivity index (χ3n) is 9.40. The number of aromatic nitrogens is 7. The van der Waals surface area contributed by atoms with Crippen LogP contribution in [-0.4, -0.2) is 94.3 Å². The quantitative estimate of drug-likeness (QED) is 0.133. The van der Waals surface area contributed by atoms with Crippen molar-refractivity contribution in [2.75, 3.05) is 25.2 Å². The number of benzene rings is 1. The number of nitrogens with zero attached hydrogens (tertiary/aromatic N) is 6. The standard InChI is InChI=1S/C32H36N8O11P2/c1-16-22(49-32(25(16)50-52(44)45)39-11-10-20-27(39)36-18(3)37-30(20)43)13-47-53(4,46)51-24-17(2)31(48-21(24)12-41)40-15-35-23-26(33-14-34-28(23)40)38-29(42)19-8-6-5-7-9-19/h5-11,14-17,21-22,24-25,31-32,41H,12-13H2,1-4H3,(H2-,33,34,36,37,38,42,43,44,45)/p+1/t16?,17?,21-,22-,24-,25+,31-,32-,53?/m1/s1. The highest BCUT2D eigenvalue weighted by Gasteiger charge is 2.50. The van der Waals surface area contributed by atoms with E-state index in [0.29, 0.717) is 33.6 Å². The lowest BCUT2D eigenvalue weighted by Crippen LogP contribution is -2.31. The average Bonchev–Trinajstić information content (AvgIpc) is 3.89. The molecule has 4 unspecified atom stereocenters. The molecule has 10 atom stereocenters. The molecule has 4 N–H and O–H groups in total. The van der Waals surface area contributed by atoms with E-state index in [-0.39, 0.29) is 23.9 Å². The number of amides is 1. The molecule has 280 valence electrons. The van der Waals surface area contributed by atoms with Gasteiger partial charge in [-0.25, -0.2) is 19.9 Å². The van der Waals surface area contributed by atoms with Crippen molar-refractivity contribution >= 4 is 49.8 Å². The fourth-order valence-electron chi connectivity index (χ4n) is 6.75. The van der Waals surface area contributed by atoms with Crippen molar-refractivity contribution in [3.8, 4) is 0 Å². The predicted molar refractivity (Wildman–Crippen MR) is 187 cm³/mol. The molecule has 0 spiro atoms. The molecule has 6 heterocycles. The molecule has 2 saturated heterocycles. The highest BCUT2D eigenvalue weighted by molar-refractivity contribution is 7.53. The summed E-state index contributed by atoms with van der Waals surface area (Å²) in [6.45, 7) is 5.72.